The van der Waals surface area contributed by atoms with Crippen LogP contribution in [-0.2, 0) is 0 Å². The summed E-state index contributed by atoms with van der Waals surface area (Å²) in [7, 11) is 0. The van der Waals surface area contributed by atoms with Gasteiger partial charge in [-0.2, -0.15) is 0 Å². The molecule has 3 unspecified atom stereocenters. The molecule has 0 bridgehead atoms. The second-order valence-corrected chi connectivity index (χ2v) is 5.38. The molecular formula is C15H23N3O2. The van der Waals surface area contributed by atoms with Crippen LogP contribution >= 0.6 is 0 Å². The Balaban J connectivity index is 2.10. The smallest absolute Gasteiger partial charge is 0.141 e. The Morgan fingerprint density at radius 2 is 2.00 bits per heavy atom. The second-order valence-electron chi connectivity index (χ2n) is 5.38. The van der Waals surface area contributed by atoms with Crippen molar-refractivity contribution >= 4 is 5.84 Å². The van der Waals surface area contributed by atoms with Crippen LogP contribution in [0.2, 0.25) is 0 Å². The number of hydrogen-bond donors (Lipinski definition) is 4. The van der Waals surface area contributed by atoms with Gasteiger partial charge in [-0.1, -0.05) is 48.3 Å². The van der Waals surface area contributed by atoms with Gasteiger partial charge in [0.15, 0.2) is 0 Å². The first-order valence-electron chi connectivity index (χ1n) is 7.16. The average molecular weight is 277 g/mol. The topological polar surface area (TPSA) is 90.9 Å². The zero-order chi connectivity index (χ0) is 14.4. The molecule has 1 aromatic carbocycles. The maximum Gasteiger partial charge on any atom is 0.141 e. The van der Waals surface area contributed by atoms with Crippen LogP contribution < -0.4 is 11.1 Å². The molecule has 0 heterocycles. The second kappa shape index (κ2) is 7.26. The van der Waals surface area contributed by atoms with Gasteiger partial charge in [-0.05, 0) is 18.4 Å². The molecule has 1 saturated carbocycles. The SMILES string of the molecule is NC(CC(NC1CCCCC1O)c1ccccc1)=NO. The van der Waals surface area contributed by atoms with Gasteiger partial charge in [-0.25, -0.2) is 0 Å². The number of aliphatic hydroxyl groups excluding tert-OH is 1. The van der Waals surface area contributed by atoms with Crippen molar-refractivity contribution in [1.82, 2.24) is 5.32 Å². The molecule has 3 atom stereocenters. The minimum Gasteiger partial charge on any atom is -0.409 e. The highest BCUT2D eigenvalue weighted by atomic mass is 16.4. The molecule has 0 saturated heterocycles. The minimum atomic E-state index is -0.317. The van der Waals surface area contributed by atoms with Crippen LogP contribution in [-0.4, -0.2) is 28.3 Å². The number of nitrogens with two attached hydrogens (primary N) is 1. The van der Waals surface area contributed by atoms with E-state index in [9.17, 15) is 5.11 Å². The predicted octanol–water partition coefficient (Wildman–Crippen LogP) is 1.76. The third-order valence-corrected chi connectivity index (χ3v) is 3.89. The number of nitrogens with zero attached hydrogens (tertiary/aromatic N) is 1. The number of benzene rings is 1. The first-order valence-corrected chi connectivity index (χ1v) is 7.16. The van der Waals surface area contributed by atoms with Gasteiger partial charge in [0.2, 0.25) is 0 Å². The summed E-state index contributed by atoms with van der Waals surface area (Å²) in [6, 6.07) is 9.93. The van der Waals surface area contributed by atoms with Gasteiger partial charge >= 0.3 is 0 Å². The van der Waals surface area contributed by atoms with Crippen LogP contribution in [0, 0.1) is 0 Å². The molecule has 5 nitrogen and oxygen atoms in total. The summed E-state index contributed by atoms with van der Waals surface area (Å²) in [5.41, 5.74) is 6.73. The highest BCUT2D eigenvalue weighted by Gasteiger charge is 2.26. The van der Waals surface area contributed by atoms with Crippen molar-refractivity contribution < 1.29 is 10.3 Å². The molecule has 0 radical (unpaired) electrons. The maximum atomic E-state index is 10.1. The van der Waals surface area contributed by atoms with Crippen LogP contribution in [0.1, 0.15) is 43.7 Å². The first-order chi connectivity index (χ1) is 9.70. The lowest BCUT2D eigenvalue weighted by Crippen LogP contribution is -2.44. The van der Waals surface area contributed by atoms with Crippen molar-refractivity contribution in [1.29, 1.82) is 0 Å². The maximum absolute atomic E-state index is 10.1. The number of aliphatic hydroxyl groups is 1. The monoisotopic (exact) mass is 277 g/mol. The number of rotatable bonds is 5. The van der Waals surface area contributed by atoms with Crippen molar-refractivity contribution in [3.8, 4) is 0 Å². The standard InChI is InChI=1S/C15H23N3O2/c16-15(18-20)10-13(11-6-2-1-3-7-11)17-12-8-4-5-9-14(12)19/h1-3,6-7,12-14,17,19-20H,4-5,8-10H2,(H2,16,18). The molecule has 1 aromatic rings. The fourth-order valence-corrected chi connectivity index (χ4v) is 2.77. The van der Waals surface area contributed by atoms with Gasteiger partial charge in [0.25, 0.3) is 0 Å². The molecule has 2 rings (SSSR count). The summed E-state index contributed by atoms with van der Waals surface area (Å²) < 4.78 is 0. The lowest BCUT2D eigenvalue weighted by atomic mass is 9.91. The molecular weight excluding hydrogens is 254 g/mol. The normalized spacial score (nSPS) is 25.4. The molecule has 0 spiro atoms. The Hall–Kier alpha value is -1.59. The van der Waals surface area contributed by atoms with E-state index in [-0.39, 0.29) is 24.0 Å². The highest BCUT2D eigenvalue weighted by molar-refractivity contribution is 5.80. The van der Waals surface area contributed by atoms with Crippen LogP contribution in [0.3, 0.4) is 0 Å². The summed E-state index contributed by atoms with van der Waals surface area (Å²) >= 11 is 0. The number of oxime groups is 1. The lowest BCUT2D eigenvalue weighted by Gasteiger charge is -2.32. The summed E-state index contributed by atoms with van der Waals surface area (Å²) in [4.78, 5) is 0. The molecule has 0 aliphatic heterocycles. The van der Waals surface area contributed by atoms with E-state index in [1.165, 1.54) is 0 Å². The average Bonchev–Trinajstić information content (AvgIpc) is 2.49. The Morgan fingerprint density at radius 1 is 1.30 bits per heavy atom. The van der Waals surface area contributed by atoms with Crippen molar-refractivity contribution in [2.45, 2.75) is 50.3 Å². The van der Waals surface area contributed by atoms with E-state index in [0.717, 1.165) is 31.2 Å². The fraction of sp³-hybridized carbons (Fsp3) is 0.533. The van der Waals surface area contributed by atoms with E-state index >= 15 is 0 Å². The summed E-state index contributed by atoms with van der Waals surface area (Å²) in [5.74, 6) is 0.191. The van der Waals surface area contributed by atoms with Gasteiger partial charge in [-0.15, -0.1) is 0 Å². The van der Waals surface area contributed by atoms with Gasteiger partial charge in [0.1, 0.15) is 5.84 Å². The Morgan fingerprint density at radius 3 is 2.65 bits per heavy atom. The van der Waals surface area contributed by atoms with E-state index in [0.29, 0.717) is 6.42 Å². The van der Waals surface area contributed by atoms with E-state index < -0.39 is 0 Å². The summed E-state index contributed by atoms with van der Waals surface area (Å²) in [5, 5.41) is 25.4. The lowest BCUT2D eigenvalue weighted by molar-refractivity contribution is 0.0851. The minimum absolute atomic E-state index is 0.0511. The van der Waals surface area contributed by atoms with E-state index in [1.54, 1.807) is 0 Å². The zero-order valence-corrected chi connectivity index (χ0v) is 11.6. The molecule has 1 aliphatic carbocycles. The van der Waals surface area contributed by atoms with Crippen molar-refractivity contribution in [2.24, 2.45) is 10.9 Å². The third-order valence-electron chi connectivity index (χ3n) is 3.89. The predicted molar refractivity (Wildman–Crippen MR) is 78.6 cm³/mol. The van der Waals surface area contributed by atoms with Crippen molar-refractivity contribution in [3.05, 3.63) is 35.9 Å². The van der Waals surface area contributed by atoms with Crippen LogP contribution in [0.25, 0.3) is 0 Å². The highest BCUT2D eigenvalue weighted by Crippen LogP contribution is 2.24. The molecule has 5 heteroatoms. The Labute approximate surface area is 119 Å². The van der Waals surface area contributed by atoms with Crippen LogP contribution in [0.5, 0.6) is 0 Å². The van der Waals surface area contributed by atoms with Crippen LogP contribution in [0.15, 0.2) is 35.5 Å². The first kappa shape index (κ1) is 14.8. The molecule has 1 aliphatic rings. The molecule has 1 fully saturated rings. The molecule has 5 N–H and O–H groups in total. The fourth-order valence-electron chi connectivity index (χ4n) is 2.77. The van der Waals surface area contributed by atoms with Crippen LogP contribution in [0.4, 0.5) is 0 Å². The zero-order valence-electron chi connectivity index (χ0n) is 11.6. The molecule has 0 amide bonds. The van der Waals surface area contributed by atoms with Crippen molar-refractivity contribution in [2.75, 3.05) is 0 Å². The van der Waals surface area contributed by atoms with E-state index in [2.05, 4.69) is 10.5 Å². The summed E-state index contributed by atoms with van der Waals surface area (Å²) in [6.07, 6.45) is 4.10. The van der Waals surface area contributed by atoms with E-state index in [1.807, 2.05) is 30.3 Å². The third kappa shape index (κ3) is 3.95. The number of amidine groups is 1. The number of nitrogens with one attached hydrogen (secondary N) is 1. The van der Waals surface area contributed by atoms with E-state index in [4.69, 9.17) is 10.9 Å². The quantitative estimate of drug-likeness (QED) is 0.286. The van der Waals surface area contributed by atoms with Gasteiger partial charge < -0.3 is 21.4 Å². The van der Waals surface area contributed by atoms with Crippen molar-refractivity contribution in [3.63, 3.8) is 0 Å². The Bertz CT molecular complexity index is 436. The molecule has 0 aromatic heterocycles. The largest absolute Gasteiger partial charge is 0.409 e. The van der Waals surface area contributed by atoms with Gasteiger partial charge in [0.05, 0.1) is 6.10 Å². The Kier molecular flexibility index (Phi) is 5.38. The molecule has 20 heavy (non-hydrogen) atoms. The van der Waals surface area contributed by atoms with Gasteiger partial charge in [0, 0.05) is 18.5 Å². The van der Waals surface area contributed by atoms with Gasteiger partial charge in [-0.3, -0.25) is 0 Å². The molecule has 110 valence electrons. The number of hydrogen-bond acceptors (Lipinski definition) is 4. The summed E-state index contributed by atoms with van der Waals surface area (Å²) in [6.45, 7) is 0.